The molecule has 0 amide bonds. The summed E-state index contributed by atoms with van der Waals surface area (Å²) in [6, 6.07) is 6.30. The Morgan fingerprint density at radius 3 is 2.78 bits per heavy atom. The van der Waals surface area contributed by atoms with Crippen LogP contribution in [0.4, 0.5) is 11.4 Å². The molecule has 0 bridgehead atoms. The number of benzene rings is 1. The Morgan fingerprint density at radius 1 is 1.39 bits per heavy atom. The highest BCUT2D eigenvalue weighted by Gasteiger charge is 2.21. The molecule has 4 heteroatoms. The fraction of sp³-hybridized carbons (Fsp3) is 0.571. The van der Waals surface area contributed by atoms with E-state index >= 15 is 0 Å². The van der Waals surface area contributed by atoms with E-state index in [4.69, 9.17) is 4.74 Å². The number of nitrogens with one attached hydrogen (secondary N) is 1. The number of nitrogens with zero attached hydrogens (tertiary/aromatic N) is 1. The fourth-order valence-electron chi connectivity index (χ4n) is 2.30. The van der Waals surface area contributed by atoms with E-state index in [0.717, 1.165) is 23.1 Å². The van der Waals surface area contributed by atoms with Crippen LogP contribution < -0.4 is 10.2 Å². The van der Waals surface area contributed by atoms with Crippen LogP contribution in [0.2, 0.25) is 0 Å². The van der Waals surface area contributed by atoms with Gasteiger partial charge < -0.3 is 15.0 Å². The van der Waals surface area contributed by atoms with Gasteiger partial charge in [-0.05, 0) is 38.0 Å². The van der Waals surface area contributed by atoms with Crippen molar-refractivity contribution >= 4 is 27.3 Å². The van der Waals surface area contributed by atoms with Gasteiger partial charge in [0.1, 0.15) is 0 Å². The summed E-state index contributed by atoms with van der Waals surface area (Å²) in [5.74, 6) is 0. The van der Waals surface area contributed by atoms with E-state index in [1.165, 1.54) is 12.1 Å². The van der Waals surface area contributed by atoms with Crippen LogP contribution in [0.1, 0.15) is 19.8 Å². The van der Waals surface area contributed by atoms with E-state index in [1.54, 1.807) is 0 Å². The van der Waals surface area contributed by atoms with Crippen LogP contribution in [0.5, 0.6) is 0 Å². The Balaban J connectivity index is 2.01. The van der Waals surface area contributed by atoms with Gasteiger partial charge in [0.25, 0.3) is 0 Å². The maximum atomic E-state index is 5.83. The van der Waals surface area contributed by atoms with Crippen LogP contribution >= 0.6 is 15.9 Å². The average Bonchev–Trinajstić information content (AvgIpc) is 2.72. The van der Waals surface area contributed by atoms with Crippen LogP contribution in [0, 0.1) is 0 Å². The zero-order chi connectivity index (χ0) is 13.1. The number of ether oxygens (including phenoxy) is 1. The van der Waals surface area contributed by atoms with Crippen molar-refractivity contribution in [3.8, 4) is 0 Å². The Labute approximate surface area is 118 Å². The van der Waals surface area contributed by atoms with E-state index < -0.39 is 0 Å². The lowest BCUT2D eigenvalue weighted by Crippen LogP contribution is -2.21. The summed E-state index contributed by atoms with van der Waals surface area (Å²) in [5.41, 5.74) is 2.35. The number of halogens is 1. The maximum Gasteiger partial charge on any atom is 0.0751 e. The molecule has 1 saturated heterocycles. The molecule has 3 nitrogen and oxygen atoms in total. The minimum absolute atomic E-state index is 0.342. The molecule has 1 N–H and O–H groups in total. The lowest BCUT2D eigenvalue weighted by Gasteiger charge is -2.20. The predicted molar refractivity (Wildman–Crippen MR) is 80.5 cm³/mol. The zero-order valence-corrected chi connectivity index (χ0v) is 12.8. The second kappa shape index (κ2) is 5.93. The third-order valence-corrected chi connectivity index (χ3v) is 3.77. The molecule has 2 rings (SSSR count). The van der Waals surface area contributed by atoms with Crippen molar-refractivity contribution in [3.63, 3.8) is 0 Å². The standard InChI is InChI=1S/C14H21BrN2O/c1-10-4-6-12(18-10)9-16-13-8-11(15)5-7-14(13)17(2)3/h5,7-8,10,12,16H,4,6,9H2,1-3H3. The molecular weight excluding hydrogens is 292 g/mol. The number of hydrogen-bond donors (Lipinski definition) is 1. The number of anilines is 2. The summed E-state index contributed by atoms with van der Waals surface area (Å²) in [6.45, 7) is 3.02. The summed E-state index contributed by atoms with van der Waals surface area (Å²) in [6.07, 6.45) is 3.08. The molecular formula is C14H21BrN2O. The second-order valence-electron chi connectivity index (χ2n) is 5.08. The zero-order valence-electron chi connectivity index (χ0n) is 11.2. The van der Waals surface area contributed by atoms with Gasteiger partial charge in [-0.1, -0.05) is 15.9 Å². The monoisotopic (exact) mass is 312 g/mol. The smallest absolute Gasteiger partial charge is 0.0751 e. The van der Waals surface area contributed by atoms with Gasteiger partial charge in [0.15, 0.2) is 0 Å². The molecule has 100 valence electrons. The third kappa shape index (κ3) is 3.39. The molecule has 0 spiro atoms. The normalized spacial score (nSPS) is 23.1. The van der Waals surface area contributed by atoms with Crippen LogP contribution in [-0.2, 0) is 4.74 Å². The Morgan fingerprint density at radius 2 is 2.17 bits per heavy atom. The van der Waals surface area contributed by atoms with Crippen molar-refractivity contribution in [3.05, 3.63) is 22.7 Å². The molecule has 0 aromatic heterocycles. The second-order valence-corrected chi connectivity index (χ2v) is 6.00. The highest BCUT2D eigenvalue weighted by molar-refractivity contribution is 9.10. The minimum atomic E-state index is 0.342. The molecule has 1 aliphatic heterocycles. The van der Waals surface area contributed by atoms with Crippen LogP contribution in [-0.4, -0.2) is 32.8 Å². The lowest BCUT2D eigenvalue weighted by atomic mass is 10.2. The van der Waals surface area contributed by atoms with Crippen LogP contribution in [0.15, 0.2) is 22.7 Å². The van der Waals surface area contributed by atoms with Crippen molar-refractivity contribution in [2.75, 3.05) is 30.9 Å². The first-order chi connectivity index (χ1) is 8.56. The van der Waals surface area contributed by atoms with Gasteiger partial charge in [-0.3, -0.25) is 0 Å². The van der Waals surface area contributed by atoms with Gasteiger partial charge in [-0.15, -0.1) is 0 Å². The molecule has 1 fully saturated rings. The average molecular weight is 313 g/mol. The largest absolute Gasteiger partial charge is 0.381 e. The summed E-state index contributed by atoms with van der Waals surface area (Å²) >= 11 is 3.52. The molecule has 0 saturated carbocycles. The molecule has 1 aromatic rings. The van der Waals surface area contributed by atoms with E-state index in [9.17, 15) is 0 Å². The molecule has 2 unspecified atom stereocenters. The molecule has 0 aliphatic carbocycles. The first kappa shape index (κ1) is 13.7. The Hall–Kier alpha value is -0.740. The topological polar surface area (TPSA) is 24.5 Å². The van der Waals surface area contributed by atoms with Crippen molar-refractivity contribution in [2.24, 2.45) is 0 Å². The molecule has 1 heterocycles. The molecule has 1 aliphatic rings. The first-order valence-corrected chi connectivity index (χ1v) is 7.22. The SMILES string of the molecule is CC1CCC(CNc2cc(Br)ccc2N(C)C)O1. The molecule has 2 atom stereocenters. The van der Waals surface area contributed by atoms with Crippen molar-refractivity contribution in [1.29, 1.82) is 0 Å². The highest BCUT2D eigenvalue weighted by atomic mass is 79.9. The quantitative estimate of drug-likeness (QED) is 0.921. The van der Waals surface area contributed by atoms with Gasteiger partial charge in [-0.2, -0.15) is 0 Å². The fourth-order valence-corrected chi connectivity index (χ4v) is 2.66. The summed E-state index contributed by atoms with van der Waals surface area (Å²) in [5, 5.41) is 3.50. The molecule has 0 radical (unpaired) electrons. The van der Waals surface area contributed by atoms with Gasteiger partial charge in [-0.25, -0.2) is 0 Å². The van der Waals surface area contributed by atoms with E-state index in [0.29, 0.717) is 12.2 Å². The van der Waals surface area contributed by atoms with Crippen LogP contribution in [0.3, 0.4) is 0 Å². The molecule has 1 aromatic carbocycles. The minimum Gasteiger partial charge on any atom is -0.381 e. The van der Waals surface area contributed by atoms with E-state index in [2.05, 4.69) is 65.4 Å². The summed E-state index contributed by atoms with van der Waals surface area (Å²) in [4.78, 5) is 2.12. The summed E-state index contributed by atoms with van der Waals surface area (Å²) < 4.78 is 6.92. The van der Waals surface area contributed by atoms with E-state index in [-0.39, 0.29) is 0 Å². The summed E-state index contributed by atoms with van der Waals surface area (Å²) in [7, 11) is 4.12. The van der Waals surface area contributed by atoms with Gasteiger partial charge >= 0.3 is 0 Å². The number of rotatable bonds is 4. The van der Waals surface area contributed by atoms with Gasteiger partial charge in [0, 0.05) is 25.1 Å². The lowest BCUT2D eigenvalue weighted by molar-refractivity contribution is 0.0637. The third-order valence-electron chi connectivity index (χ3n) is 3.28. The maximum absolute atomic E-state index is 5.83. The van der Waals surface area contributed by atoms with Crippen LogP contribution in [0.25, 0.3) is 0 Å². The van der Waals surface area contributed by atoms with Crippen molar-refractivity contribution in [2.45, 2.75) is 32.0 Å². The van der Waals surface area contributed by atoms with Gasteiger partial charge in [0.2, 0.25) is 0 Å². The first-order valence-electron chi connectivity index (χ1n) is 6.42. The number of hydrogen-bond acceptors (Lipinski definition) is 3. The van der Waals surface area contributed by atoms with Crippen molar-refractivity contribution in [1.82, 2.24) is 0 Å². The molecule has 18 heavy (non-hydrogen) atoms. The van der Waals surface area contributed by atoms with Crippen molar-refractivity contribution < 1.29 is 4.74 Å². The Bertz CT molecular complexity index is 409. The van der Waals surface area contributed by atoms with E-state index in [1.807, 2.05) is 0 Å². The van der Waals surface area contributed by atoms with Gasteiger partial charge in [0.05, 0.1) is 23.6 Å². The predicted octanol–water partition coefficient (Wildman–Crippen LogP) is 3.49. The Kier molecular flexibility index (Phi) is 4.51. The highest BCUT2D eigenvalue weighted by Crippen LogP contribution is 2.28.